The third kappa shape index (κ3) is 4.72. The first-order valence-corrected chi connectivity index (χ1v) is 10.7. The van der Waals surface area contributed by atoms with E-state index in [1.807, 2.05) is 0 Å². The average molecular weight is 474 g/mol. The van der Waals surface area contributed by atoms with Gasteiger partial charge in [0.25, 0.3) is 0 Å². The molecule has 0 fully saturated rings. The molecule has 35 heavy (non-hydrogen) atoms. The summed E-state index contributed by atoms with van der Waals surface area (Å²) >= 11 is 0. The molecule has 8 heteroatoms. The molecule has 0 spiro atoms. The van der Waals surface area contributed by atoms with Gasteiger partial charge in [0.1, 0.15) is 22.8 Å². The summed E-state index contributed by atoms with van der Waals surface area (Å²) in [6.07, 6.45) is 0. The number of esters is 2. The number of fused-ring (bicyclic) bond motifs is 1. The lowest BCUT2D eigenvalue weighted by Crippen LogP contribution is -2.15. The fourth-order valence-electron chi connectivity index (χ4n) is 3.57. The van der Waals surface area contributed by atoms with E-state index in [4.69, 9.17) is 23.4 Å². The minimum Gasteiger partial charge on any atom is -0.497 e. The highest BCUT2D eigenvalue weighted by molar-refractivity contribution is 5.99. The van der Waals surface area contributed by atoms with Crippen LogP contribution in [-0.2, 0) is 4.74 Å². The standard InChI is InChI=1S/C27H22O8/c1-4-33-27(30)25-23(19-7-5-6-8-21(19)32-3)24(28)20-14-13-18(15-22(20)35-25)34-26(29)16-9-11-17(31-2)12-10-16/h5-15H,4H2,1-3H3. The monoisotopic (exact) mass is 474 g/mol. The van der Waals surface area contributed by atoms with Crippen LogP contribution in [0.5, 0.6) is 17.2 Å². The first kappa shape index (κ1) is 23.6. The van der Waals surface area contributed by atoms with Crippen LogP contribution >= 0.6 is 0 Å². The molecule has 4 rings (SSSR count). The van der Waals surface area contributed by atoms with Crippen molar-refractivity contribution >= 4 is 22.9 Å². The summed E-state index contributed by atoms with van der Waals surface area (Å²) in [5.74, 6) is -0.534. The first-order chi connectivity index (χ1) is 17.0. The molecular formula is C27H22O8. The molecule has 0 aliphatic heterocycles. The Bertz CT molecular complexity index is 1450. The van der Waals surface area contributed by atoms with Crippen LogP contribution in [0.25, 0.3) is 22.1 Å². The molecule has 0 amide bonds. The van der Waals surface area contributed by atoms with Gasteiger partial charge < -0.3 is 23.4 Å². The molecule has 0 bridgehead atoms. The van der Waals surface area contributed by atoms with Crippen LogP contribution in [0.3, 0.4) is 0 Å². The molecule has 178 valence electrons. The molecule has 1 heterocycles. The van der Waals surface area contributed by atoms with Crippen LogP contribution in [0.15, 0.2) is 75.9 Å². The number of ether oxygens (including phenoxy) is 4. The Morgan fingerprint density at radius 3 is 2.26 bits per heavy atom. The first-order valence-electron chi connectivity index (χ1n) is 10.7. The summed E-state index contributed by atoms with van der Waals surface area (Å²) in [5.41, 5.74) is 0.342. The maximum Gasteiger partial charge on any atom is 0.375 e. The van der Waals surface area contributed by atoms with E-state index in [0.29, 0.717) is 22.6 Å². The van der Waals surface area contributed by atoms with Gasteiger partial charge in [-0.15, -0.1) is 0 Å². The summed E-state index contributed by atoms with van der Waals surface area (Å²) < 4.78 is 26.9. The number of hydrogen-bond acceptors (Lipinski definition) is 8. The van der Waals surface area contributed by atoms with Crippen LogP contribution in [-0.4, -0.2) is 32.8 Å². The minimum absolute atomic E-state index is 0.0244. The van der Waals surface area contributed by atoms with Crippen LogP contribution in [0.4, 0.5) is 0 Å². The highest BCUT2D eigenvalue weighted by Crippen LogP contribution is 2.33. The molecule has 1 aromatic heterocycles. The van der Waals surface area contributed by atoms with E-state index in [9.17, 15) is 14.4 Å². The summed E-state index contributed by atoms with van der Waals surface area (Å²) in [5, 5.41) is 0.197. The lowest BCUT2D eigenvalue weighted by Gasteiger charge is -2.13. The van der Waals surface area contributed by atoms with Crippen LogP contribution in [0.1, 0.15) is 27.8 Å². The zero-order chi connectivity index (χ0) is 24.9. The third-order valence-corrected chi connectivity index (χ3v) is 5.24. The largest absolute Gasteiger partial charge is 0.497 e. The number of para-hydroxylation sites is 1. The Morgan fingerprint density at radius 1 is 0.857 bits per heavy atom. The van der Waals surface area contributed by atoms with Gasteiger partial charge in [0.15, 0.2) is 0 Å². The molecule has 3 aromatic carbocycles. The second-order valence-corrected chi connectivity index (χ2v) is 7.33. The Labute approximate surface area is 200 Å². The second kappa shape index (κ2) is 10.1. The lowest BCUT2D eigenvalue weighted by atomic mass is 10.0. The Balaban J connectivity index is 1.80. The second-order valence-electron chi connectivity index (χ2n) is 7.33. The molecule has 0 aliphatic carbocycles. The van der Waals surface area contributed by atoms with E-state index in [-0.39, 0.29) is 34.6 Å². The zero-order valence-corrected chi connectivity index (χ0v) is 19.3. The van der Waals surface area contributed by atoms with Gasteiger partial charge in [-0.25, -0.2) is 9.59 Å². The van der Waals surface area contributed by atoms with Gasteiger partial charge in [0, 0.05) is 11.6 Å². The van der Waals surface area contributed by atoms with Crippen molar-refractivity contribution in [1.82, 2.24) is 0 Å². The zero-order valence-electron chi connectivity index (χ0n) is 19.3. The highest BCUT2D eigenvalue weighted by Gasteiger charge is 2.25. The quantitative estimate of drug-likeness (QED) is 0.276. The highest BCUT2D eigenvalue weighted by atomic mass is 16.5. The minimum atomic E-state index is -0.798. The Hall–Kier alpha value is -4.59. The number of carbonyl (C=O) groups excluding carboxylic acids is 2. The average Bonchev–Trinajstić information content (AvgIpc) is 2.88. The van der Waals surface area contributed by atoms with Gasteiger partial charge in [-0.2, -0.15) is 0 Å². The van der Waals surface area contributed by atoms with Crippen molar-refractivity contribution < 1.29 is 33.0 Å². The van der Waals surface area contributed by atoms with Gasteiger partial charge in [-0.1, -0.05) is 18.2 Å². The van der Waals surface area contributed by atoms with Crippen LogP contribution in [0, 0.1) is 0 Å². The Kier molecular flexibility index (Phi) is 6.82. The predicted octanol–water partition coefficient (Wildman–Crippen LogP) is 4.87. The molecule has 0 aliphatic rings. The molecule has 4 aromatic rings. The Morgan fingerprint density at radius 2 is 1.57 bits per heavy atom. The van der Waals surface area contributed by atoms with Gasteiger partial charge >= 0.3 is 11.9 Å². The van der Waals surface area contributed by atoms with E-state index >= 15 is 0 Å². The van der Waals surface area contributed by atoms with E-state index in [1.165, 1.54) is 32.4 Å². The number of benzene rings is 3. The molecule has 0 atom stereocenters. The van der Waals surface area contributed by atoms with Gasteiger partial charge in [-0.05, 0) is 49.4 Å². The summed E-state index contributed by atoms with van der Waals surface area (Å²) in [6.45, 7) is 1.74. The van der Waals surface area contributed by atoms with Crippen molar-refractivity contribution in [3.05, 3.63) is 88.3 Å². The van der Waals surface area contributed by atoms with Gasteiger partial charge in [0.05, 0.1) is 37.3 Å². The SMILES string of the molecule is CCOC(=O)c1oc2cc(OC(=O)c3ccc(OC)cc3)ccc2c(=O)c1-c1ccccc1OC. The van der Waals surface area contributed by atoms with Crippen molar-refractivity contribution in [1.29, 1.82) is 0 Å². The third-order valence-electron chi connectivity index (χ3n) is 5.24. The molecule has 0 saturated heterocycles. The molecular weight excluding hydrogens is 452 g/mol. The van der Waals surface area contributed by atoms with Crippen molar-refractivity contribution in [2.45, 2.75) is 6.92 Å². The topological polar surface area (TPSA) is 101 Å². The molecule has 0 N–H and O–H groups in total. The smallest absolute Gasteiger partial charge is 0.375 e. The lowest BCUT2D eigenvalue weighted by molar-refractivity contribution is 0.0491. The van der Waals surface area contributed by atoms with E-state index in [0.717, 1.165) is 0 Å². The molecule has 8 nitrogen and oxygen atoms in total. The van der Waals surface area contributed by atoms with Gasteiger partial charge in [-0.3, -0.25) is 4.79 Å². The molecule has 0 radical (unpaired) electrons. The van der Waals surface area contributed by atoms with Crippen LogP contribution < -0.4 is 19.6 Å². The molecule has 0 saturated carbocycles. The van der Waals surface area contributed by atoms with Gasteiger partial charge in [0.2, 0.25) is 11.2 Å². The van der Waals surface area contributed by atoms with Crippen molar-refractivity contribution in [3.63, 3.8) is 0 Å². The van der Waals surface area contributed by atoms with E-state index in [2.05, 4.69) is 0 Å². The summed E-state index contributed by atoms with van der Waals surface area (Å²) in [7, 11) is 3.00. The number of methoxy groups -OCH3 is 2. The van der Waals surface area contributed by atoms with E-state index < -0.39 is 17.4 Å². The van der Waals surface area contributed by atoms with Crippen molar-refractivity contribution in [2.24, 2.45) is 0 Å². The maximum absolute atomic E-state index is 13.5. The van der Waals surface area contributed by atoms with Crippen molar-refractivity contribution in [3.8, 4) is 28.4 Å². The summed E-state index contributed by atoms with van der Waals surface area (Å²) in [4.78, 5) is 38.8. The number of rotatable bonds is 7. The van der Waals surface area contributed by atoms with Crippen LogP contribution in [0.2, 0.25) is 0 Å². The number of hydrogen-bond donors (Lipinski definition) is 0. The van der Waals surface area contributed by atoms with E-state index in [1.54, 1.807) is 55.5 Å². The normalized spacial score (nSPS) is 10.6. The summed E-state index contributed by atoms with van der Waals surface area (Å²) in [6, 6.07) is 17.6. The molecule has 0 unspecified atom stereocenters. The number of carbonyl (C=O) groups is 2. The fraction of sp³-hybridized carbons (Fsp3) is 0.148. The fourth-order valence-corrected chi connectivity index (χ4v) is 3.57. The van der Waals surface area contributed by atoms with Crippen molar-refractivity contribution in [2.75, 3.05) is 20.8 Å². The predicted molar refractivity (Wildman–Crippen MR) is 128 cm³/mol. The maximum atomic E-state index is 13.5.